The molecule has 0 radical (unpaired) electrons. The fourth-order valence-electron chi connectivity index (χ4n) is 4.34. The standard InChI is InChI=1S/C25H26N2Si/c1-25(2,3)28(22-15-9-5-10-16-22,23-17-11-6-12-18-23)24-19-20-27(26-24)21-13-7-4-8-14-21/h4-20H,1-3H3. The van der Waals surface area contributed by atoms with Crippen LogP contribution in [0.2, 0.25) is 5.04 Å². The minimum absolute atomic E-state index is 0.0472. The van der Waals surface area contributed by atoms with Crippen LogP contribution in [0, 0.1) is 0 Å². The number of para-hydroxylation sites is 1. The van der Waals surface area contributed by atoms with E-state index in [0.29, 0.717) is 0 Å². The largest absolute Gasteiger partial charge is 0.241 e. The second kappa shape index (κ2) is 7.25. The molecule has 0 atom stereocenters. The lowest BCUT2D eigenvalue weighted by Gasteiger charge is -2.42. The van der Waals surface area contributed by atoms with Crippen molar-refractivity contribution in [2.45, 2.75) is 25.8 Å². The van der Waals surface area contributed by atoms with E-state index in [1.165, 1.54) is 15.7 Å². The Hall–Kier alpha value is -2.91. The first kappa shape index (κ1) is 18.5. The summed E-state index contributed by atoms with van der Waals surface area (Å²) in [6.07, 6.45) is 2.10. The molecule has 28 heavy (non-hydrogen) atoms. The van der Waals surface area contributed by atoms with Crippen molar-refractivity contribution < 1.29 is 0 Å². The highest BCUT2D eigenvalue weighted by molar-refractivity contribution is 7.12. The second-order valence-electron chi connectivity index (χ2n) is 8.21. The van der Waals surface area contributed by atoms with Gasteiger partial charge in [-0.05, 0) is 33.6 Å². The molecule has 0 amide bonds. The fraction of sp³-hybridized carbons (Fsp3) is 0.160. The maximum absolute atomic E-state index is 5.15. The van der Waals surface area contributed by atoms with Crippen LogP contribution in [0.3, 0.4) is 0 Å². The molecule has 140 valence electrons. The van der Waals surface area contributed by atoms with Gasteiger partial charge in [0.05, 0.1) is 11.0 Å². The summed E-state index contributed by atoms with van der Waals surface area (Å²) in [6.45, 7) is 7.09. The van der Waals surface area contributed by atoms with Crippen LogP contribution in [0.25, 0.3) is 5.69 Å². The Morgan fingerprint density at radius 2 is 1.11 bits per heavy atom. The van der Waals surface area contributed by atoms with Gasteiger partial charge in [-0.1, -0.05) is 99.6 Å². The number of aromatic nitrogens is 2. The van der Waals surface area contributed by atoms with E-state index in [1.807, 2.05) is 10.7 Å². The van der Waals surface area contributed by atoms with Crippen LogP contribution in [-0.4, -0.2) is 17.9 Å². The summed E-state index contributed by atoms with van der Waals surface area (Å²) in [5, 5.41) is 9.18. The number of benzene rings is 3. The predicted molar refractivity (Wildman–Crippen MR) is 121 cm³/mol. The van der Waals surface area contributed by atoms with Gasteiger partial charge in [-0.15, -0.1) is 0 Å². The predicted octanol–water partition coefficient (Wildman–Crippen LogP) is 4.14. The van der Waals surface area contributed by atoms with E-state index in [9.17, 15) is 0 Å². The SMILES string of the molecule is CC(C)(C)[Si](c1ccccc1)(c1ccccc1)c1ccn(-c2ccccc2)n1. The molecule has 0 fully saturated rings. The highest BCUT2D eigenvalue weighted by atomic mass is 28.3. The maximum atomic E-state index is 5.15. The van der Waals surface area contributed by atoms with Crippen LogP contribution in [0.5, 0.6) is 0 Å². The first-order valence-electron chi connectivity index (χ1n) is 9.76. The van der Waals surface area contributed by atoms with Crippen LogP contribution >= 0.6 is 0 Å². The van der Waals surface area contributed by atoms with Gasteiger partial charge in [0.25, 0.3) is 0 Å². The lowest BCUT2D eigenvalue weighted by atomic mass is 10.2. The van der Waals surface area contributed by atoms with Crippen molar-refractivity contribution in [2.24, 2.45) is 0 Å². The molecule has 4 rings (SSSR count). The zero-order chi connectivity index (χ0) is 19.6. The molecule has 4 aromatic rings. The average Bonchev–Trinajstić information content (AvgIpc) is 3.20. The molecule has 0 bridgehead atoms. The normalized spacial score (nSPS) is 12.1. The summed E-state index contributed by atoms with van der Waals surface area (Å²) in [5.74, 6) is 0. The van der Waals surface area contributed by atoms with Crippen LogP contribution in [0.15, 0.2) is 103 Å². The van der Waals surface area contributed by atoms with Gasteiger partial charge in [0.2, 0.25) is 0 Å². The number of rotatable bonds is 4. The van der Waals surface area contributed by atoms with E-state index in [1.54, 1.807) is 0 Å². The van der Waals surface area contributed by atoms with Crippen LogP contribution in [0.1, 0.15) is 20.8 Å². The van der Waals surface area contributed by atoms with Crippen LogP contribution < -0.4 is 15.7 Å². The lowest BCUT2D eigenvalue weighted by molar-refractivity contribution is 0.736. The zero-order valence-corrected chi connectivity index (χ0v) is 17.7. The Kier molecular flexibility index (Phi) is 4.78. The highest BCUT2D eigenvalue weighted by Crippen LogP contribution is 2.35. The van der Waals surface area contributed by atoms with Crippen molar-refractivity contribution in [1.82, 2.24) is 9.78 Å². The number of hydrogen-bond acceptors (Lipinski definition) is 1. The zero-order valence-electron chi connectivity index (χ0n) is 16.7. The third-order valence-electron chi connectivity index (χ3n) is 5.53. The van der Waals surface area contributed by atoms with Gasteiger partial charge in [0, 0.05) is 6.20 Å². The van der Waals surface area contributed by atoms with Gasteiger partial charge in [-0.3, -0.25) is 0 Å². The summed E-state index contributed by atoms with van der Waals surface area (Å²) in [7, 11) is -2.37. The summed E-state index contributed by atoms with van der Waals surface area (Å²) in [5.41, 5.74) is 1.09. The number of nitrogens with zero attached hydrogens (tertiary/aromatic N) is 2. The Morgan fingerprint density at radius 3 is 1.57 bits per heavy atom. The van der Waals surface area contributed by atoms with E-state index in [0.717, 1.165) is 5.69 Å². The molecule has 3 heteroatoms. The van der Waals surface area contributed by atoms with Gasteiger partial charge < -0.3 is 0 Å². The van der Waals surface area contributed by atoms with Crippen molar-refractivity contribution in [2.75, 3.05) is 0 Å². The highest BCUT2D eigenvalue weighted by Gasteiger charge is 2.51. The quantitative estimate of drug-likeness (QED) is 0.485. The summed E-state index contributed by atoms with van der Waals surface area (Å²) >= 11 is 0. The Bertz CT molecular complexity index is 993. The maximum Gasteiger partial charge on any atom is 0.179 e. The minimum atomic E-state index is -2.37. The molecule has 3 aromatic carbocycles. The van der Waals surface area contributed by atoms with E-state index >= 15 is 0 Å². The van der Waals surface area contributed by atoms with Crippen molar-refractivity contribution in [3.8, 4) is 5.69 Å². The van der Waals surface area contributed by atoms with Gasteiger partial charge in [0.15, 0.2) is 8.07 Å². The lowest BCUT2D eigenvalue weighted by Crippen LogP contribution is -2.72. The minimum Gasteiger partial charge on any atom is -0.241 e. The molecule has 0 saturated heterocycles. The van der Waals surface area contributed by atoms with Gasteiger partial charge in [-0.2, -0.15) is 5.10 Å². The Morgan fingerprint density at radius 1 is 0.643 bits per heavy atom. The van der Waals surface area contributed by atoms with Crippen LogP contribution in [0.4, 0.5) is 0 Å². The Labute approximate surface area is 168 Å². The van der Waals surface area contributed by atoms with Crippen molar-refractivity contribution in [1.29, 1.82) is 0 Å². The number of hydrogen-bond donors (Lipinski definition) is 0. The third-order valence-corrected chi connectivity index (χ3v) is 11.2. The van der Waals surface area contributed by atoms with Crippen molar-refractivity contribution in [3.63, 3.8) is 0 Å². The molecule has 0 unspecified atom stereocenters. The summed E-state index contributed by atoms with van der Waals surface area (Å²) in [6, 6.07) is 34.5. The molecule has 0 saturated carbocycles. The first-order valence-corrected chi connectivity index (χ1v) is 11.8. The molecule has 0 N–H and O–H groups in total. The fourth-order valence-corrected chi connectivity index (χ4v) is 9.73. The van der Waals surface area contributed by atoms with E-state index < -0.39 is 8.07 Å². The molecule has 0 aliphatic carbocycles. The molecule has 2 nitrogen and oxygen atoms in total. The molecule has 1 aromatic heterocycles. The van der Waals surface area contributed by atoms with Crippen molar-refractivity contribution >= 4 is 23.8 Å². The van der Waals surface area contributed by atoms with Crippen molar-refractivity contribution in [3.05, 3.63) is 103 Å². The first-order chi connectivity index (χ1) is 13.5. The topological polar surface area (TPSA) is 17.8 Å². The van der Waals surface area contributed by atoms with E-state index in [2.05, 4.69) is 118 Å². The molecular formula is C25H26N2Si. The average molecular weight is 383 g/mol. The molecule has 0 spiro atoms. The van der Waals surface area contributed by atoms with Gasteiger partial charge in [0.1, 0.15) is 0 Å². The molecule has 0 aliphatic heterocycles. The third kappa shape index (κ3) is 3.02. The molecular weight excluding hydrogens is 356 g/mol. The molecule has 1 heterocycles. The monoisotopic (exact) mass is 382 g/mol. The summed E-state index contributed by atoms with van der Waals surface area (Å²) < 4.78 is 2.01. The smallest absolute Gasteiger partial charge is 0.179 e. The second-order valence-corrected chi connectivity index (χ2v) is 12.9. The Balaban J connectivity index is 2.00. The van der Waals surface area contributed by atoms with E-state index in [-0.39, 0.29) is 5.04 Å². The van der Waals surface area contributed by atoms with Crippen LogP contribution in [-0.2, 0) is 0 Å². The van der Waals surface area contributed by atoms with Gasteiger partial charge in [-0.25, -0.2) is 4.68 Å². The van der Waals surface area contributed by atoms with Gasteiger partial charge >= 0.3 is 0 Å². The van der Waals surface area contributed by atoms with E-state index in [4.69, 9.17) is 5.10 Å². The molecule has 0 aliphatic rings. The summed E-state index contributed by atoms with van der Waals surface area (Å²) in [4.78, 5) is 0.